The molecule has 1 amide bonds. The van der Waals surface area contributed by atoms with Crippen molar-refractivity contribution in [1.82, 2.24) is 19.9 Å². The van der Waals surface area contributed by atoms with Crippen LogP contribution in [0.3, 0.4) is 0 Å². The summed E-state index contributed by atoms with van der Waals surface area (Å²) in [4.78, 5) is 27.4. The summed E-state index contributed by atoms with van der Waals surface area (Å²) in [6.45, 7) is 5.48. The fourth-order valence-electron chi connectivity index (χ4n) is 2.97. The first-order valence-corrected chi connectivity index (χ1v) is 8.42. The van der Waals surface area contributed by atoms with Crippen LogP contribution in [0.2, 0.25) is 0 Å². The summed E-state index contributed by atoms with van der Waals surface area (Å²) in [5.41, 5.74) is 0.947. The van der Waals surface area contributed by atoms with Gasteiger partial charge in [-0.1, -0.05) is 19.9 Å². The van der Waals surface area contributed by atoms with Crippen LogP contribution in [0.15, 0.2) is 36.8 Å². The Bertz CT molecular complexity index is 672. The van der Waals surface area contributed by atoms with Gasteiger partial charge in [-0.05, 0) is 25.0 Å². The quantitative estimate of drug-likeness (QED) is 0.936. The molecule has 1 atom stereocenters. The average molecular weight is 325 g/mol. The summed E-state index contributed by atoms with van der Waals surface area (Å²) < 4.78 is 0. The Kier molecular flexibility index (Phi) is 5.03. The van der Waals surface area contributed by atoms with E-state index in [1.807, 2.05) is 36.9 Å². The number of piperidine rings is 1. The van der Waals surface area contributed by atoms with Crippen LogP contribution in [0.5, 0.6) is 0 Å². The number of amides is 1. The molecule has 0 aromatic carbocycles. The second kappa shape index (κ2) is 7.38. The van der Waals surface area contributed by atoms with Crippen molar-refractivity contribution in [2.45, 2.75) is 32.6 Å². The molecule has 1 fully saturated rings. The third-order valence-corrected chi connectivity index (χ3v) is 4.24. The number of nitrogens with one attached hydrogen (secondary N) is 1. The van der Waals surface area contributed by atoms with Gasteiger partial charge in [0.15, 0.2) is 0 Å². The molecule has 6 heteroatoms. The summed E-state index contributed by atoms with van der Waals surface area (Å²) in [7, 11) is 0. The highest BCUT2D eigenvalue weighted by molar-refractivity contribution is 5.78. The number of hydrogen-bond acceptors (Lipinski definition) is 5. The largest absolute Gasteiger partial charge is 0.342 e. The van der Waals surface area contributed by atoms with Crippen LogP contribution in [0.1, 0.15) is 38.3 Å². The van der Waals surface area contributed by atoms with Crippen LogP contribution in [0, 0.1) is 5.92 Å². The number of carbonyl (C=O) groups excluding carboxylic acids is 1. The Morgan fingerprint density at radius 1 is 1.21 bits per heavy atom. The molecule has 2 aromatic heterocycles. The molecule has 24 heavy (non-hydrogen) atoms. The zero-order chi connectivity index (χ0) is 16.9. The van der Waals surface area contributed by atoms with Crippen LogP contribution < -0.4 is 5.32 Å². The van der Waals surface area contributed by atoms with Gasteiger partial charge < -0.3 is 10.2 Å². The first-order chi connectivity index (χ1) is 11.6. The lowest BCUT2D eigenvalue weighted by molar-refractivity contribution is -0.135. The number of hydrogen-bond donors (Lipinski definition) is 1. The van der Waals surface area contributed by atoms with Crippen LogP contribution in [0.4, 0.5) is 11.6 Å². The third kappa shape index (κ3) is 3.88. The Labute approximate surface area is 142 Å². The molecule has 0 saturated carbocycles. The zero-order valence-corrected chi connectivity index (χ0v) is 14.1. The number of anilines is 2. The van der Waals surface area contributed by atoms with E-state index in [0.717, 1.165) is 37.4 Å². The van der Waals surface area contributed by atoms with E-state index in [0.29, 0.717) is 5.82 Å². The van der Waals surface area contributed by atoms with Crippen LogP contribution >= 0.6 is 0 Å². The van der Waals surface area contributed by atoms with Gasteiger partial charge in [0.05, 0.1) is 18.1 Å². The van der Waals surface area contributed by atoms with E-state index in [9.17, 15) is 4.79 Å². The molecule has 0 unspecified atom stereocenters. The van der Waals surface area contributed by atoms with E-state index in [2.05, 4.69) is 20.3 Å². The molecule has 1 aliphatic rings. The summed E-state index contributed by atoms with van der Waals surface area (Å²) in [6, 6.07) is 5.67. The van der Waals surface area contributed by atoms with Crippen LogP contribution in [0.25, 0.3) is 0 Å². The second-order valence-corrected chi connectivity index (χ2v) is 6.44. The number of pyridine rings is 1. The minimum atomic E-state index is 0.0415. The van der Waals surface area contributed by atoms with Crippen molar-refractivity contribution in [1.29, 1.82) is 0 Å². The van der Waals surface area contributed by atoms with Crippen molar-refractivity contribution in [3.05, 3.63) is 42.5 Å². The Morgan fingerprint density at radius 3 is 2.75 bits per heavy atom. The molecule has 2 aromatic rings. The molecule has 3 rings (SSSR count). The van der Waals surface area contributed by atoms with Gasteiger partial charge in [-0.25, -0.2) is 9.97 Å². The molecule has 0 spiro atoms. The van der Waals surface area contributed by atoms with Crippen molar-refractivity contribution in [3.8, 4) is 0 Å². The van der Waals surface area contributed by atoms with Gasteiger partial charge in [-0.3, -0.25) is 9.78 Å². The van der Waals surface area contributed by atoms with Gasteiger partial charge in [0, 0.05) is 31.1 Å². The van der Waals surface area contributed by atoms with Crippen molar-refractivity contribution in [2.24, 2.45) is 5.92 Å². The molecule has 0 aliphatic carbocycles. The number of likely N-dealkylation sites (tertiary alicyclic amines) is 1. The average Bonchev–Trinajstić information content (AvgIpc) is 2.62. The second-order valence-electron chi connectivity index (χ2n) is 6.44. The summed E-state index contributed by atoms with van der Waals surface area (Å²) in [5.74, 6) is 1.94. The molecule has 1 saturated heterocycles. The van der Waals surface area contributed by atoms with E-state index < -0.39 is 0 Å². The topological polar surface area (TPSA) is 71.0 Å². The van der Waals surface area contributed by atoms with E-state index in [4.69, 9.17) is 0 Å². The van der Waals surface area contributed by atoms with Gasteiger partial charge in [0.25, 0.3) is 0 Å². The predicted molar refractivity (Wildman–Crippen MR) is 92.9 cm³/mol. The predicted octanol–water partition coefficient (Wildman–Crippen LogP) is 2.98. The fraction of sp³-hybridized carbons (Fsp3) is 0.444. The number of carbonyl (C=O) groups is 1. The monoisotopic (exact) mass is 325 g/mol. The van der Waals surface area contributed by atoms with Crippen molar-refractivity contribution in [2.75, 3.05) is 18.4 Å². The van der Waals surface area contributed by atoms with E-state index in [1.54, 1.807) is 18.6 Å². The fourth-order valence-corrected chi connectivity index (χ4v) is 2.97. The number of nitrogens with zero attached hydrogens (tertiary/aromatic N) is 4. The Balaban J connectivity index is 1.65. The van der Waals surface area contributed by atoms with E-state index >= 15 is 0 Å². The molecule has 0 bridgehead atoms. The lowest BCUT2D eigenvalue weighted by Crippen LogP contribution is -2.41. The Hall–Kier alpha value is -2.50. The van der Waals surface area contributed by atoms with Crippen molar-refractivity contribution in [3.63, 3.8) is 0 Å². The van der Waals surface area contributed by atoms with Gasteiger partial charge in [-0.15, -0.1) is 0 Å². The normalized spacial score (nSPS) is 17.8. The van der Waals surface area contributed by atoms with E-state index in [1.165, 1.54) is 0 Å². The molecule has 3 heterocycles. The highest BCUT2D eigenvalue weighted by Gasteiger charge is 2.26. The molecule has 1 N–H and O–H groups in total. The molecular formula is C18H23N5O. The Morgan fingerprint density at radius 2 is 2.08 bits per heavy atom. The van der Waals surface area contributed by atoms with Crippen molar-refractivity contribution >= 4 is 17.5 Å². The smallest absolute Gasteiger partial charge is 0.225 e. The van der Waals surface area contributed by atoms with Crippen LogP contribution in [-0.2, 0) is 4.79 Å². The van der Waals surface area contributed by atoms with E-state index in [-0.39, 0.29) is 17.7 Å². The maximum absolute atomic E-state index is 12.2. The van der Waals surface area contributed by atoms with Gasteiger partial charge in [0.1, 0.15) is 11.6 Å². The number of rotatable bonds is 4. The molecule has 1 aliphatic heterocycles. The van der Waals surface area contributed by atoms with Gasteiger partial charge in [-0.2, -0.15) is 0 Å². The molecular weight excluding hydrogens is 302 g/mol. The highest BCUT2D eigenvalue weighted by Crippen LogP contribution is 2.26. The maximum Gasteiger partial charge on any atom is 0.225 e. The minimum absolute atomic E-state index is 0.0415. The highest BCUT2D eigenvalue weighted by atomic mass is 16.2. The molecule has 6 nitrogen and oxygen atoms in total. The number of aromatic nitrogens is 3. The first kappa shape index (κ1) is 16.4. The van der Waals surface area contributed by atoms with Gasteiger partial charge >= 0.3 is 0 Å². The zero-order valence-electron chi connectivity index (χ0n) is 14.1. The summed E-state index contributed by atoms with van der Waals surface area (Å²) >= 11 is 0. The summed E-state index contributed by atoms with van der Waals surface area (Å²) in [6.07, 6.45) is 7.32. The third-order valence-electron chi connectivity index (χ3n) is 4.24. The van der Waals surface area contributed by atoms with Crippen LogP contribution in [-0.4, -0.2) is 38.8 Å². The van der Waals surface area contributed by atoms with Gasteiger partial charge in [0.2, 0.25) is 5.91 Å². The minimum Gasteiger partial charge on any atom is -0.342 e. The first-order valence-electron chi connectivity index (χ1n) is 8.42. The lowest BCUT2D eigenvalue weighted by Gasteiger charge is -2.33. The SMILES string of the molecule is CC(C)C(=O)N1CCC[C@H](c2cnc(Nc3ccccn3)cn2)C1. The standard InChI is InChI=1S/C18H23N5O/c1-13(2)18(24)23-9-5-6-14(12-23)15-10-21-17(11-20-15)22-16-7-3-4-8-19-16/h3-4,7-8,10-11,13-14H,5-6,9,12H2,1-2H3,(H,19,21,22)/t14-/m0/s1. The maximum atomic E-state index is 12.2. The lowest BCUT2D eigenvalue weighted by atomic mass is 9.94. The summed E-state index contributed by atoms with van der Waals surface area (Å²) in [5, 5.41) is 3.13. The van der Waals surface area contributed by atoms with Crippen molar-refractivity contribution < 1.29 is 4.79 Å². The molecule has 0 radical (unpaired) electrons. The molecule has 126 valence electrons.